The van der Waals surface area contributed by atoms with Crippen molar-refractivity contribution in [1.29, 1.82) is 0 Å². The molecule has 3 rings (SSSR count). The van der Waals surface area contributed by atoms with Crippen LogP contribution in [0.5, 0.6) is 0 Å². The van der Waals surface area contributed by atoms with Crippen LogP contribution in [0.2, 0.25) is 0 Å². The summed E-state index contributed by atoms with van der Waals surface area (Å²) < 4.78 is 20.0. The predicted molar refractivity (Wildman–Crippen MR) is 76.7 cm³/mol. The van der Waals surface area contributed by atoms with Gasteiger partial charge in [0.1, 0.15) is 18.5 Å². The molecule has 5 nitrogen and oxygen atoms in total. The molecule has 0 bridgehead atoms. The SMILES string of the molecule is O[C@@H]1CCC[NH+](Cn2nc(-c3ccc(F)cc3)oc2=S)C1. The third-order valence-electron chi connectivity index (χ3n) is 3.66. The largest absolute Gasteiger partial charge is 0.409 e. The summed E-state index contributed by atoms with van der Waals surface area (Å²) in [6, 6.07) is 5.94. The Hall–Kier alpha value is -1.57. The van der Waals surface area contributed by atoms with Crippen molar-refractivity contribution in [2.45, 2.75) is 25.6 Å². The highest BCUT2D eigenvalue weighted by molar-refractivity contribution is 7.71. The molecule has 0 radical (unpaired) electrons. The van der Waals surface area contributed by atoms with E-state index in [-0.39, 0.29) is 11.9 Å². The quantitative estimate of drug-likeness (QED) is 0.831. The molecular weight excluding hydrogens is 293 g/mol. The molecule has 0 spiro atoms. The van der Waals surface area contributed by atoms with E-state index in [2.05, 4.69) is 5.10 Å². The number of benzene rings is 1. The number of nitrogens with zero attached hydrogens (tertiary/aromatic N) is 2. The van der Waals surface area contributed by atoms with E-state index < -0.39 is 0 Å². The minimum absolute atomic E-state index is 0.258. The molecule has 2 heterocycles. The van der Waals surface area contributed by atoms with Gasteiger partial charge in [-0.15, -0.1) is 5.10 Å². The normalized spacial score (nSPS) is 22.4. The standard InChI is InChI=1S/C14H16FN3O2S/c15-11-5-3-10(4-6-11)13-16-18(14(21)20-13)9-17-7-1-2-12(19)8-17/h3-6,12,19H,1-2,7-9H2/p+1/t12-/m1/s1. The minimum Gasteiger partial charge on any atom is -0.409 e. The molecule has 1 aromatic carbocycles. The number of nitrogens with one attached hydrogen (secondary N) is 1. The summed E-state index contributed by atoms with van der Waals surface area (Å²) in [5.74, 6) is 0.0838. The van der Waals surface area contributed by atoms with Crippen LogP contribution in [-0.4, -0.2) is 34.1 Å². The molecule has 1 saturated heterocycles. The Morgan fingerprint density at radius 2 is 2.19 bits per heavy atom. The molecule has 7 heteroatoms. The maximum Gasteiger partial charge on any atom is 0.292 e. The molecule has 0 amide bonds. The Bertz CT molecular complexity index is 668. The third-order valence-corrected chi connectivity index (χ3v) is 3.96. The Labute approximate surface area is 126 Å². The summed E-state index contributed by atoms with van der Waals surface area (Å²) in [6.07, 6.45) is 1.59. The second-order valence-corrected chi connectivity index (χ2v) is 5.69. The van der Waals surface area contributed by atoms with Gasteiger partial charge in [-0.2, -0.15) is 4.68 Å². The van der Waals surface area contributed by atoms with Crippen LogP contribution in [0.4, 0.5) is 4.39 Å². The van der Waals surface area contributed by atoms with Gasteiger partial charge in [0.25, 0.3) is 4.84 Å². The van der Waals surface area contributed by atoms with Crippen LogP contribution in [0.15, 0.2) is 28.7 Å². The van der Waals surface area contributed by atoms with E-state index >= 15 is 0 Å². The fourth-order valence-electron chi connectivity index (χ4n) is 2.60. The zero-order chi connectivity index (χ0) is 14.8. The zero-order valence-corrected chi connectivity index (χ0v) is 12.3. The van der Waals surface area contributed by atoms with Crippen molar-refractivity contribution in [3.05, 3.63) is 34.9 Å². The second kappa shape index (κ2) is 6.05. The Balaban J connectivity index is 1.78. The number of rotatable bonds is 3. The summed E-state index contributed by atoms with van der Waals surface area (Å²) in [4.78, 5) is 1.52. The molecule has 1 aromatic heterocycles. The number of aliphatic hydroxyl groups excluding tert-OH is 1. The zero-order valence-electron chi connectivity index (χ0n) is 11.5. The van der Waals surface area contributed by atoms with Crippen molar-refractivity contribution in [3.8, 4) is 11.5 Å². The first kappa shape index (κ1) is 14.4. The third kappa shape index (κ3) is 3.37. The fourth-order valence-corrected chi connectivity index (χ4v) is 2.78. The molecule has 1 unspecified atom stereocenters. The van der Waals surface area contributed by atoms with Crippen LogP contribution >= 0.6 is 12.2 Å². The number of hydrogen-bond donors (Lipinski definition) is 2. The molecule has 2 N–H and O–H groups in total. The van der Waals surface area contributed by atoms with Crippen LogP contribution in [0.3, 0.4) is 0 Å². The highest BCUT2D eigenvalue weighted by Gasteiger charge is 2.22. The number of aromatic nitrogens is 2. The predicted octanol–water partition coefficient (Wildman–Crippen LogP) is 1.01. The highest BCUT2D eigenvalue weighted by Crippen LogP contribution is 2.17. The molecule has 0 saturated carbocycles. The summed E-state index contributed by atoms with van der Waals surface area (Å²) in [5.41, 5.74) is 0.690. The van der Waals surface area contributed by atoms with Gasteiger partial charge in [-0.3, -0.25) is 0 Å². The van der Waals surface area contributed by atoms with E-state index in [1.165, 1.54) is 17.0 Å². The summed E-state index contributed by atoms with van der Waals surface area (Å²) in [7, 11) is 0. The van der Waals surface area contributed by atoms with Crippen LogP contribution < -0.4 is 4.90 Å². The number of likely N-dealkylation sites (tertiary alicyclic amines) is 1. The van der Waals surface area contributed by atoms with Gasteiger partial charge in [-0.05, 0) is 49.3 Å². The average molecular weight is 310 g/mol. The first-order valence-electron chi connectivity index (χ1n) is 6.97. The summed E-state index contributed by atoms with van der Waals surface area (Å²) >= 11 is 5.18. The maximum absolute atomic E-state index is 12.9. The van der Waals surface area contributed by atoms with Gasteiger partial charge >= 0.3 is 0 Å². The summed E-state index contributed by atoms with van der Waals surface area (Å²) in [6.45, 7) is 2.25. The minimum atomic E-state index is -0.302. The number of aliphatic hydroxyl groups is 1. The average Bonchev–Trinajstić information content (AvgIpc) is 2.81. The maximum atomic E-state index is 12.9. The van der Waals surface area contributed by atoms with Crippen molar-refractivity contribution < 1.29 is 18.8 Å². The fraction of sp³-hybridized carbons (Fsp3) is 0.429. The number of quaternary nitrogens is 1. The van der Waals surface area contributed by atoms with E-state index in [0.29, 0.717) is 29.5 Å². The lowest BCUT2D eigenvalue weighted by Crippen LogP contribution is -3.13. The highest BCUT2D eigenvalue weighted by atomic mass is 32.1. The van der Waals surface area contributed by atoms with Crippen LogP contribution in [0.25, 0.3) is 11.5 Å². The lowest BCUT2D eigenvalue weighted by molar-refractivity contribution is -0.931. The van der Waals surface area contributed by atoms with Gasteiger partial charge in [0, 0.05) is 5.56 Å². The van der Waals surface area contributed by atoms with Gasteiger partial charge in [0.05, 0.1) is 6.54 Å². The van der Waals surface area contributed by atoms with Gasteiger partial charge in [0.2, 0.25) is 5.89 Å². The Kier molecular flexibility index (Phi) is 4.14. The first-order valence-corrected chi connectivity index (χ1v) is 7.38. The lowest BCUT2D eigenvalue weighted by atomic mass is 10.1. The Morgan fingerprint density at radius 3 is 2.90 bits per heavy atom. The number of piperidine rings is 1. The van der Waals surface area contributed by atoms with Crippen molar-refractivity contribution >= 4 is 12.2 Å². The second-order valence-electron chi connectivity index (χ2n) is 5.34. The van der Waals surface area contributed by atoms with E-state index in [0.717, 1.165) is 19.4 Å². The van der Waals surface area contributed by atoms with E-state index in [1.54, 1.807) is 16.8 Å². The molecule has 2 atom stereocenters. The molecule has 1 fully saturated rings. The molecule has 21 heavy (non-hydrogen) atoms. The van der Waals surface area contributed by atoms with Crippen molar-refractivity contribution in [2.75, 3.05) is 13.1 Å². The van der Waals surface area contributed by atoms with Crippen molar-refractivity contribution in [3.63, 3.8) is 0 Å². The lowest BCUT2D eigenvalue weighted by Gasteiger charge is -2.26. The molecule has 2 aromatic rings. The van der Waals surface area contributed by atoms with Gasteiger partial charge in [-0.25, -0.2) is 4.39 Å². The smallest absolute Gasteiger partial charge is 0.292 e. The van der Waals surface area contributed by atoms with Gasteiger partial charge in [0.15, 0.2) is 6.67 Å². The molecule has 1 aliphatic rings. The first-order chi connectivity index (χ1) is 10.1. The summed E-state index contributed by atoms with van der Waals surface area (Å²) in [5, 5.41) is 14.1. The van der Waals surface area contributed by atoms with E-state index in [1.807, 2.05) is 0 Å². The van der Waals surface area contributed by atoms with Crippen molar-refractivity contribution in [1.82, 2.24) is 9.78 Å². The molecular formula is C14H17FN3O2S+. The number of hydrogen-bond acceptors (Lipinski definition) is 4. The molecule has 0 aliphatic carbocycles. The van der Waals surface area contributed by atoms with Gasteiger partial charge < -0.3 is 14.4 Å². The van der Waals surface area contributed by atoms with Crippen molar-refractivity contribution in [2.24, 2.45) is 0 Å². The topological polar surface area (TPSA) is 55.6 Å². The molecule has 1 aliphatic heterocycles. The van der Waals surface area contributed by atoms with Gasteiger partial charge in [-0.1, -0.05) is 0 Å². The number of halogens is 1. The van der Waals surface area contributed by atoms with Crippen LogP contribution in [0.1, 0.15) is 12.8 Å². The Morgan fingerprint density at radius 1 is 1.43 bits per heavy atom. The molecule has 112 valence electrons. The van der Waals surface area contributed by atoms with Crippen LogP contribution in [0, 0.1) is 10.7 Å². The van der Waals surface area contributed by atoms with Crippen LogP contribution in [-0.2, 0) is 6.67 Å². The van der Waals surface area contributed by atoms with E-state index in [9.17, 15) is 9.50 Å². The van der Waals surface area contributed by atoms with E-state index in [4.69, 9.17) is 16.6 Å². The monoisotopic (exact) mass is 310 g/mol.